The summed E-state index contributed by atoms with van der Waals surface area (Å²) in [7, 11) is -1.44. The number of rotatable bonds is 2. The van der Waals surface area contributed by atoms with Crippen molar-refractivity contribution in [2.24, 2.45) is 0 Å². The molecule has 0 radical (unpaired) electrons. The third-order valence-corrected chi connectivity index (χ3v) is 4.05. The van der Waals surface area contributed by atoms with Gasteiger partial charge in [-0.25, -0.2) is 0 Å². The van der Waals surface area contributed by atoms with E-state index in [9.17, 15) is 13.8 Å². The molecule has 0 fully saturated rings. The van der Waals surface area contributed by atoms with Crippen molar-refractivity contribution in [3.8, 4) is 0 Å². The number of carbonyl (C=O) groups excluding carboxylic acids is 2. The zero-order chi connectivity index (χ0) is 11.5. The number of allylic oxidation sites excluding steroid dienone is 2. The molecule has 0 aliphatic heterocycles. The molecule has 1 aliphatic carbocycles. The van der Waals surface area contributed by atoms with Gasteiger partial charge in [0.2, 0.25) is 11.6 Å². The zero-order valence-electron chi connectivity index (χ0n) is 8.46. The van der Waals surface area contributed by atoms with Gasteiger partial charge in [0, 0.05) is 4.90 Å². The van der Waals surface area contributed by atoms with E-state index < -0.39 is 27.6 Å². The van der Waals surface area contributed by atoms with Crippen LogP contribution in [0.25, 0.3) is 0 Å². The molecule has 1 aliphatic rings. The summed E-state index contributed by atoms with van der Waals surface area (Å²) in [5, 5.41) is -0.722. The third-order valence-electron chi connectivity index (χ3n) is 2.39. The smallest absolute Gasteiger partial charge is 0.222 e. The summed E-state index contributed by atoms with van der Waals surface area (Å²) in [5.41, 5.74) is 0. The van der Waals surface area contributed by atoms with Crippen LogP contribution in [0.15, 0.2) is 47.4 Å². The van der Waals surface area contributed by atoms with Crippen LogP contribution in [0.3, 0.4) is 0 Å². The van der Waals surface area contributed by atoms with Crippen LogP contribution in [0.2, 0.25) is 0 Å². The molecule has 0 amide bonds. The van der Waals surface area contributed by atoms with E-state index in [2.05, 4.69) is 0 Å². The number of carbonyl (C=O) groups is 2. The van der Waals surface area contributed by atoms with E-state index in [0.717, 1.165) is 0 Å². The third kappa shape index (κ3) is 2.02. The average Bonchev–Trinajstić information content (AvgIpc) is 2.33. The Kier molecular flexibility index (Phi) is 3.10. The maximum absolute atomic E-state index is 12.1. The van der Waals surface area contributed by atoms with Gasteiger partial charge in [0.1, 0.15) is 5.25 Å². The number of benzene rings is 1. The first kappa shape index (κ1) is 11.0. The van der Waals surface area contributed by atoms with Crippen molar-refractivity contribution in [2.45, 2.75) is 16.6 Å². The van der Waals surface area contributed by atoms with Crippen LogP contribution in [-0.2, 0) is 20.4 Å². The predicted molar refractivity (Wildman–Crippen MR) is 60.4 cm³/mol. The predicted octanol–water partition coefficient (Wildman–Crippen LogP) is 1.26. The van der Waals surface area contributed by atoms with E-state index in [1.165, 1.54) is 6.08 Å². The van der Waals surface area contributed by atoms with E-state index in [4.69, 9.17) is 0 Å². The summed E-state index contributed by atoms with van der Waals surface area (Å²) in [6.45, 7) is 0. The highest BCUT2D eigenvalue weighted by molar-refractivity contribution is 7.86. The Balaban J connectivity index is 2.27. The Labute approximate surface area is 95.6 Å². The Morgan fingerprint density at radius 3 is 2.50 bits per heavy atom. The zero-order valence-corrected chi connectivity index (χ0v) is 9.28. The molecule has 1 aromatic rings. The molecule has 0 bridgehead atoms. The molecule has 0 aromatic heterocycles. The second-order valence-electron chi connectivity index (χ2n) is 3.47. The fourth-order valence-electron chi connectivity index (χ4n) is 1.55. The Morgan fingerprint density at radius 2 is 1.81 bits per heavy atom. The Bertz CT molecular complexity index is 476. The normalized spacial score (nSPS) is 22.1. The molecule has 16 heavy (non-hydrogen) atoms. The van der Waals surface area contributed by atoms with Gasteiger partial charge in [-0.15, -0.1) is 0 Å². The molecule has 2 unspecified atom stereocenters. The van der Waals surface area contributed by atoms with Crippen molar-refractivity contribution in [3.05, 3.63) is 42.5 Å². The number of hydrogen-bond donors (Lipinski definition) is 0. The van der Waals surface area contributed by atoms with Gasteiger partial charge in [-0.2, -0.15) is 0 Å². The molecule has 0 spiro atoms. The monoisotopic (exact) mass is 234 g/mol. The fraction of sp³-hybridized carbons (Fsp3) is 0.167. The maximum atomic E-state index is 12.1. The lowest BCUT2D eigenvalue weighted by Gasteiger charge is -2.14. The standard InChI is InChI=1S/C12H10O3S/c13-10-7-4-8-11(12(10)14)16(15)9-5-2-1-3-6-9/h1-7,11H,8H2. The molecule has 82 valence electrons. The van der Waals surface area contributed by atoms with E-state index in [1.807, 2.05) is 6.07 Å². The summed E-state index contributed by atoms with van der Waals surface area (Å²) >= 11 is 0. The molecule has 3 nitrogen and oxygen atoms in total. The Hall–Kier alpha value is -1.55. The van der Waals surface area contributed by atoms with Crippen LogP contribution in [0.4, 0.5) is 0 Å². The van der Waals surface area contributed by atoms with Crippen molar-refractivity contribution < 1.29 is 13.8 Å². The van der Waals surface area contributed by atoms with Crippen LogP contribution in [-0.4, -0.2) is 21.0 Å². The minimum absolute atomic E-state index is 0.367. The van der Waals surface area contributed by atoms with Gasteiger partial charge < -0.3 is 0 Å². The SMILES string of the molecule is O=C1C=CCC(S(=O)c2ccccc2)C1=O. The van der Waals surface area contributed by atoms with Crippen LogP contribution in [0, 0.1) is 0 Å². The van der Waals surface area contributed by atoms with Crippen molar-refractivity contribution >= 4 is 22.4 Å². The van der Waals surface area contributed by atoms with Crippen LogP contribution >= 0.6 is 0 Å². The van der Waals surface area contributed by atoms with E-state index in [0.29, 0.717) is 11.3 Å². The Morgan fingerprint density at radius 1 is 1.12 bits per heavy atom. The van der Waals surface area contributed by atoms with E-state index >= 15 is 0 Å². The summed E-state index contributed by atoms with van der Waals surface area (Å²) < 4.78 is 12.1. The minimum Gasteiger partial charge on any atom is -0.289 e. The highest BCUT2D eigenvalue weighted by Gasteiger charge is 2.31. The number of Topliss-reactive ketones (excluding diaryl/α,β-unsaturated/α-hetero) is 1. The number of hydrogen-bond acceptors (Lipinski definition) is 3. The highest BCUT2D eigenvalue weighted by atomic mass is 32.2. The molecular formula is C12H10O3S. The van der Waals surface area contributed by atoms with Crippen LogP contribution in [0.1, 0.15) is 6.42 Å². The quantitative estimate of drug-likeness (QED) is 0.724. The summed E-state index contributed by atoms with van der Waals surface area (Å²) in [4.78, 5) is 23.3. The van der Waals surface area contributed by atoms with Crippen LogP contribution < -0.4 is 0 Å². The van der Waals surface area contributed by atoms with Crippen molar-refractivity contribution in [2.75, 3.05) is 0 Å². The molecular weight excluding hydrogens is 224 g/mol. The molecule has 1 aromatic carbocycles. The van der Waals surface area contributed by atoms with E-state index in [-0.39, 0.29) is 0 Å². The van der Waals surface area contributed by atoms with Crippen LogP contribution in [0.5, 0.6) is 0 Å². The lowest BCUT2D eigenvalue weighted by molar-refractivity contribution is -0.133. The summed E-state index contributed by atoms with van der Waals surface area (Å²) in [5.74, 6) is -1.11. The summed E-state index contributed by atoms with van der Waals surface area (Å²) in [6.07, 6.45) is 3.22. The van der Waals surface area contributed by atoms with Gasteiger partial charge in [0.15, 0.2) is 0 Å². The van der Waals surface area contributed by atoms with Gasteiger partial charge in [-0.05, 0) is 24.6 Å². The number of ketones is 2. The van der Waals surface area contributed by atoms with Gasteiger partial charge in [0.05, 0.1) is 10.8 Å². The van der Waals surface area contributed by atoms with Crippen molar-refractivity contribution in [3.63, 3.8) is 0 Å². The maximum Gasteiger partial charge on any atom is 0.222 e. The molecule has 0 N–H and O–H groups in total. The first-order valence-corrected chi connectivity index (χ1v) is 6.12. The average molecular weight is 234 g/mol. The van der Waals surface area contributed by atoms with Gasteiger partial charge in [0.25, 0.3) is 0 Å². The molecule has 4 heteroatoms. The molecule has 0 saturated carbocycles. The fourth-order valence-corrected chi connectivity index (χ4v) is 2.90. The second kappa shape index (κ2) is 4.53. The molecule has 0 saturated heterocycles. The topological polar surface area (TPSA) is 51.2 Å². The minimum atomic E-state index is -1.44. The lowest BCUT2D eigenvalue weighted by atomic mass is 10.1. The first-order valence-electron chi connectivity index (χ1n) is 4.90. The highest BCUT2D eigenvalue weighted by Crippen LogP contribution is 2.18. The van der Waals surface area contributed by atoms with E-state index in [1.54, 1.807) is 30.3 Å². The van der Waals surface area contributed by atoms with Crippen molar-refractivity contribution in [1.82, 2.24) is 0 Å². The van der Waals surface area contributed by atoms with Gasteiger partial charge in [-0.3, -0.25) is 13.8 Å². The lowest BCUT2D eigenvalue weighted by Crippen LogP contribution is -2.33. The molecule has 2 atom stereocenters. The van der Waals surface area contributed by atoms with Crippen molar-refractivity contribution in [1.29, 1.82) is 0 Å². The first-order chi connectivity index (χ1) is 7.70. The van der Waals surface area contributed by atoms with Gasteiger partial charge in [-0.1, -0.05) is 24.3 Å². The molecule has 2 rings (SSSR count). The molecule has 0 heterocycles. The van der Waals surface area contributed by atoms with Gasteiger partial charge >= 0.3 is 0 Å². The largest absolute Gasteiger partial charge is 0.289 e. The summed E-state index contributed by atoms with van der Waals surface area (Å²) in [6, 6.07) is 8.74. The second-order valence-corrected chi connectivity index (χ2v) is 5.10.